The van der Waals surface area contributed by atoms with Crippen molar-refractivity contribution in [3.63, 3.8) is 0 Å². The number of methoxy groups -OCH3 is 1. The molecule has 1 aromatic carbocycles. The van der Waals surface area contributed by atoms with Crippen LogP contribution in [0.4, 0.5) is 10.5 Å². The fourth-order valence-corrected chi connectivity index (χ4v) is 1.78. The first-order chi connectivity index (χ1) is 10.2. The Hall–Kier alpha value is -2.76. The summed E-state index contributed by atoms with van der Waals surface area (Å²) in [4.78, 5) is 22.5. The second-order valence-corrected chi connectivity index (χ2v) is 4.34. The maximum atomic E-state index is 11.6. The van der Waals surface area contributed by atoms with Gasteiger partial charge in [0.2, 0.25) is 0 Å². The van der Waals surface area contributed by atoms with Gasteiger partial charge in [0.1, 0.15) is 0 Å². The average Bonchev–Trinajstić information content (AvgIpc) is 3.02. The molecule has 0 aliphatic heterocycles. The molecule has 21 heavy (non-hydrogen) atoms. The maximum absolute atomic E-state index is 11.6. The highest BCUT2D eigenvalue weighted by atomic mass is 16.5. The largest absolute Gasteiger partial charge is 0.469 e. The second-order valence-electron chi connectivity index (χ2n) is 4.34. The van der Waals surface area contributed by atoms with Gasteiger partial charge in [-0.3, -0.25) is 4.79 Å². The molecule has 0 bridgehead atoms. The number of carbonyl (C=O) groups excluding carboxylic acids is 2. The quantitative estimate of drug-likeness (QED) is 0.828. The molecule has 0 aliphatic carbocycles. The molecule has 2 amide bonds. The Balaban J connectivity index is 1.83. The Kier molecular flexibility index (Phi) is 4.98. The van der Waals surface area contributed by atoms with E-state index in [0.29, 0.717) is 5.69 Å². The van der Waals surface area contributed by atoms with Crippen molar-refractivity contribution in [1.29, 1.82) is 0 Å². The highest BCUT2D eigenvalue weighted by molar-refractivity contribution is 5.89. The van der Waals surface area contributed by atoms with Crippen LogP contribution in [-0.2, 0) is 9.53 Å². The van der Waals surface area contributed by atoms with Crippen LogP contribution in [0.3, 0.4) is 0 Å². The van der Waals surface area contributed by atoms with Crippen LogP contribution < -0.4 is 10.6 Å². The van der Waals surface area contributed by atoms with E-state index in [0.717, 1.165) is 5.69 Å². The summed E-state index contributed by atoms with van der Waals surface area (Å²) >= 11 is 0. The third kappa shape index (κ3) is 4.38. The van der Waals surface area contributed by atoms with Crippen molar-refractivity contribution >= 4 is 17.7 Å². The maximum Gasteiger partial charge on any atom is 0.319 e. The lowest BCUT2D eigenvalue weighted by Crippen LogP contribution is -2.30. The molecule has 0 saturated carbocycles. The van der Waals surface area contributed by atoms with Crippen molar-refractivity contribution in [3.05, 3.63) is 48.8 Å². The van der Waals surface area contributed by atoms with Gasteiger partial charge in [0.05, 0.1) is 13.5 Å². The monoisotopic (exact) mass is 287 g/mol. The highest BCUT2D eigenvalue weighted by Crippen LogP contribution is 2.13. The molecule has 2 N–H and O–H groups in total. The molecule has 110 valence electrons. The number of esters is 1. The number of anilines is 1. The Morgan fingerprint density at radius 2 is 1.81 bits per heavy atom. The van der Waals surface area contributed by atoms with Crippen LogP contribution in [0.2, 0.25) is 0 Å². The predicted molar refractivity (Wildman–Crippen MR) is 79.4 cm³/mol. The van der Waals surface area contributed by atoms with E-state index in [1.165, 1.54) is 7.11 Å². The van der Waals surface area contributed by atoms with E-state index in [2.05, 4.69) is 15.4 Å². The molecule has 6 nitrogen and oxygen atoms in total. The lowest BCUT2D eigenvalue weighted by molar-refractivity contribution is -0.140. The molecule has 0 spiro atoms. The van der Waals surface area contributed by atoms with Gasteiger partial charge in [-0.05, 0) is 36.4 Å². The first-order valence-electron chi connectivity index (χ1n) is 6.54. The smallest absolute Gasteiger partial charge is 0.319 e. The molecule has 6 heteroatoms. The first-order valence-corrected chi connectivity index (χ1v) is 6.54. The molecular formula is C15H17N3O3. The number of urea groups is 1. The van der Waals surface area contributed by atoms with Crippen LogP contribution in [0, 0.1) is 0 Å². The summed E-state index contributed by atoms with van der Waals surface area (Å²) in [6.07, 6.45) is 4.04. The van der Waals surface area contributed by atoms with Crippen molar-refractivity contribution in [2.24, 2.45) is 0 Å². The fourth-order valence-electron chi connectivity index (χ4n) is 1.78. The number of hydrogen-bond acceptors (Lipinski definition) is 3. The van der Waals surface area contributed by atoms with Gasteiger partial charge in [0.25, 0.3) is 0 Å². The van der Waals surface area contributed by atoms with Gasteiger partial charge in [-0.2, -0.15) is 0 Å². The normalized spacial score (nSPS) is 9.95. The zero-order valence-electron chi connectivity index (χ0n) is 11.7. The zero-order valence-corrected chi connectivity index (χ0v) is 11.7. The molecule has 2 aromatic rings. The minimum absolute atomic E-state index is 0.149. The molecule has 0 unspecified atom stereocenters. The summed E-state index contributed by atoms with van der Waals surface area (Å²) in [6, 6.07) is 11.0. The van der Waals surface area contributed by atoms with Gasteiger partial charge in [0, 0.05) is 30.3 Å². The minimum atomic E-state index is -0.355. The van der Waals surface area contributed by atoms with E-state index in [-0.39, 0.29) is 25.0 Å². The van der Waals surface area contributed by atoms with Crippen molar-refractivity contribution in [1.82, 2.24) is 9.88 Å². The van der Waals surface area contributed by atoms with E-state index in [1.54, 1.807) is 0 Å². The molecule has 0 aliphatic rings. The first kappa shape index (κ1) is 14.6. The standard InChI is InChI=1S/C15H17N3O3/c1-21-14(19)8-9-16-15(20)17-12-4-6-13(7-5-12)18-10-2-3-11-18/h2-7,10-11H,8-9H2,1H3,(H2,16,17,20). The number of nitrogens with one attached hydrogen (secondary N) is 2. The number of ether oxygens (including phenoxy) is 1. The number of carbonyl (C=O) groups is 2. The molecule has 0 saturated heterocycles. The Labute approximate surface area is 122 Å². The van der Waals surface area contributed by atoms with Gasteiger partial charge in [-0.25, -0.2) is 4.79 Å². The topological polar surface area (TPSA) is 72.4 Å². The van der Waals surface area contributed by atoms with Crippen LogP contribution in [-0.4, -0.2) is 30.2 Å². The third-order valence-corrected chi connectivity index (χ3v) is 2.87. The zero-order chi connectivity index (χ0) is 15.1. The Bertz CT molecular complexity index is 591. The van der Waals surface area contributed by atoms with Gasteiger partial charge in [-0.15, -0.1) is 0 Å². The number of aromatic nitrogens is 1. The SMILES string of the molecule is COC(=O)CCNC(=O)Nc1ccc(-n2cccc2)cc1. The molecule has 0 fully saturated rings. The number of rotatable bonds is 5. The van der Waals surface area contributed by atoms with E-state index in [9.17, 15) is 9.59 Å². The average molecular weight is 287 g/mol. The summed E-state index contributed by atoms with van der Waals surface area (Å²) in [6.45, 7) is 0.236. The molecule has 0 atom stereocenters. The van der Waals surface area contributed by atoms with E-state index < -0.39 is 0 Å². The third-order valence-electron chi connectivity index (χ3n) is 2.87. The van der Waals surface area contributed by atoms with E-state index in [4.69, 9.17) is 0 Å². The van der Waals surface area contributed by atoms with Crippen molar-refractivity contribution in [2.45, 2.75) is 6.42 Å². The molecule has 2 rings (SSSR count). The van der Waals surface area contributed by atoms with Crippen molar-refractivity contribution < 1.29 is 14.3 Å². The lowest BCUT2D eigenvalue weighted by Gasteiger charge is -2.08. The molecule has 1 aromatic heterocycles. The van der Waals surface area contributed by atoms with E-state index >= 15 is 0 Å². The van der Waals surface area contributed by atoms with Gasteiger partial charge < -0.3 is 19.9 Å². The fraction of sp³-hybridized carbons (Fsp3) is 0.200. The number of hydrogen-bond donors (Lipinski definition) is 2. The van der Waals surface area contributed by atoms with Crippen LogP contribution in [0.25, 0.3) is 5.69 Å². The molecule has 0 radical (unpaired) electrons. The number of benzene rings is 1. The minimum Gasteiger partial charge on any atom is -0.469 e. The highest BCUT2D eigenvalue weighted by Gasteiger charge is 2.04. The summed E-state index contributed by atoms with van der Waals surface area (Å²) in [5.74, 6) is -0.355. The van der Waals surface area contributed by atoms with Gasteiger partial charge >= 0.3 is 12.0 Å². The summed E-state index contributed by atoms with van der Waals surface area (Å²) < 4.78 is 6.46. The second kappa shape index (κ2) is 7.14. The van der Waals surface area contributed by atoms with E-state index in [1.807, 2.05) is 53.4 Å². The Morgan fingerprint density at radius 3 is 2.43 bits per heavy atom. The van der Waals surface area contributed by atoms with Gasteiger partial charge in [0.15, 0.2) is 0 Å². The van der Waals surface area contributed by atoms with Crippen molar-refractivity contribution in [2.75, 3.05) is 19.0 Å². The number of nitrogens with zero attached hydrogens (tertiary/aromatic N) is 1. The molecule has 1 heterocycles. The van der Waals surface area contributed by atoms with Crippen LogP contribution in [0.15, 0.2) is 48.8 Å². The van der Waals surface area contributed by atoms with Crippen molar-refractivity contribution in [3.8, 4) is 5.69 Å². The molecular weight excluding hydrogens is 270 g/mol. The van der Waals surface area contributed by atoms with Crippen LogP contribution >= 0.6 is 0 Å². The predicted octanol–water partition coefficient (Wildman–Crippen LogP) is 2.16. The Morgan fingerprint density at radius 1 is 1.14 bits per heavy atom. The summed E-state index contributed by atoms with van der Waals surface area (Å²) in [5.41, 5.74) is 1.69. The number of amides is 2. The summed E-state index contributed by atoms with van der Waals surface area (Å²) in [5, 5.41) is 5.28. The lowest BCUT2D eigenvalue weighted by atomic mass is 10.3. The van der Waals surface area contributed by atoms with Crippen LogP contribution in [0.1, 0.15) is 6.42 Å². The van der Waals surface area contributed by atoms with Crippen LogP contribution in [0.5, 0.6) is 0 Å². The van der Waals surface area contributed by atoms with Gasteiger partial charge in [-0.1, -0.05) is 0 Å². The summed E-state index contributed by atoms with van der Waals surface area (Å²) in [7, 11) is 1.31.